The summed E-state index contributed by atoms with van der Waals surface area (Å²) in [7, 11) is 5.42. The van der Waals surface area contributed by atoms with E-state index in [9.17, 15) is 5.11 Å². The summed E-state index contributed by atoms with van der Waals surface area (Å²) >= 11 is 0. The highest BCUT2D eigenvalue weighted by molar-refractivity contribution is 5.55. The minimum Gasteiger partial charge on any atom is -0.389 e. The van der Waals surface area contributed by atoms with Gasteiger partial charge in [-0.2, -0.15) is 0 Å². The lowest BCUT2D eigenvalue weighted by Gasteiger charge is -2.21. The van der Waals surface area contributed by atoms with E-state index in [0.29, 0.717) is 19.7 Å². The van der Waals surface area contributed by atoms with Gasteiger partial charge in [0.25, 0.3) is 0 Å². The number of hydrogen-bond acceptors (Lipinski definition) is 5. The number of methoxy groups -OCH3 is 1. The van der Waals surface area contributed by atoms with Gasteiger partial charge in [0.15, 0.2) is 5.82 Å². The molecule has 0 aromatic carbocycles. The number of rotatable bonds is 7. The van der Waals surface area contributed by atoms with E-state index in [4.69, 9.17) is 4.74 Å². The Morgan fingerprint density at radius 1 is 1.50 bits per heavy atom. The highest BCUT2D eigenvalue weighted by atomic mass is 16.5. The van der Waals surface area contributed by atoms with Gasteiger partial charge in [0.05, 0.1) is 18.4 Å². The first-order valence-electron chi connectivity index (χ1n) is 6.66. The van der Waals surface area contributed by atoms with Gasteiger partial charge in [-0.25, -0.2) is 4.98 Å². The maximum Gasteiger partial charge on any atom is 0.152 e. The molecule has 6 nitrogen and oxygen atoms in total. The molecule has 0 saturated carbocycles. The van der Waals surface area contributed by atoms with Crippen molar-refractivity contribution in [1.29, 1.82) is 0 Å². The van der Waals surface area contributed by atoms with Gasteiger partial charge in [0.2, 0.25) is 0 Å². The third kappa shape index (κ3) is 3.09. The molecule has 0 spiro atoms. The first-order chi connectivity index (χ1) is 9.67. The fourth-order valence-electron chi connectivity index (χ4n) is 2.32. The first kappa shape index (κ1) is 14.8. The Balaban J connectivity index is 2.29. The van der Waals surface area contributed by atoms with E-state index in [0.717, 1.165) is 17.2 Å². The van der Waals surface area contributed by atoms with Crippen LogP contribution in [0.4, 0.5) is 5.82 Å². The molecule has 2 heterocycles. The van der Waals surface area contributed by atoms with Crippen LogP contribution in [0.15, 0.2) is 24.4 Å². The van der Waals surface area contributed by atoms with Gasteiger partial charge in [-0.05, 0) is 19.2 Å². The lowest BCUT2D eigenvalue weighted by Crippen LogP contribution is -2.32. The number of aliphatic hydroxyl groups excluding tert-OH is 1. The Bertz CT molecular complexity index is 555. The standard InChI is InChI=1S/C14H22N4O2/c1-15-8-12-14(17(2)9-11(19)10-20-3)16-13-6-4-5-7-18(12)13/h4-7,11,15,19H,8-10H2,1-3H3. The van der Waals surface area contributed by atoms with Crippen LogP contribution in [-0.4, -0.2) is 55.0 Å². The topological polar surface area (TPSA) is 62.0 Å². The molecule has 0 aliphatic heterocycles. The quantitative estimate of drug-likeness (QED) is 0.772. The number of nitrogens with zero attached hydrogens (tertiary/aromatic N) is 3. The fourth-order valence-corrected chi connectivity index (χ4v) is 2.32. The Morgan fingerprint density at radius 2 is 2.30 bits per heavy atom. The molecule has 110 valence electrons. The molecule has 2 aromatic heterocycles. The number of fused-ring (bicyclic) bond motifs is 1. The van der Waals surface area contributed by atoms with E-state index in [1.165, 1.54) is 0 Å². The van der Waals surface area contributed by atoms with Crippen LogP contribution in [0.1, 0.15) is 5.69 Å². The Morgan fingerprint density at radius 3 is 3.00 bits per heavy atom. The van der Waals surface area contributed by atoms with Gasteiger partial charge in [-0.1, -0.05) is 6.07 Å². The summed E-state index contributed by atoms with van der Waals surface area (Å²) in [6.45, 7) is 1.51. The molecule has 6 heteroatoms. The van der Waals surface area contributed by atoms with Crippen molar-refractivity contribution in [2.75, 3.05) is 39.3 Å². The molecule has 0 bridgehead atoms. The van der Waals surface area contributed by atoms with Crippen molar-refractivity contribution in [3.05, 3.63) is 30.1 Å². The maximum absolute atomic E-state index is 9.86. The van der Waals surface area contributed by atoms with Gasteiger partial charge < -0.3 is 24.5 Å². The van der Waals surface area contributed by atoms with Gasteiger partial charge >= 0.3 is 0 Å². The molecule has 2 rings (SSSR count). The third-order valence-electron chi connectivity index (χ3n) is 3.16. The Labute approximate surface area is 119 Å². The maximum atomic E-state index is 9.86. The number of ether oxygens (including phenoxy) is 1. The molecule has 20 heavy (non-hydrogen) atoms. The summed E-state index contributed by atoms with van der Waals surface area (Å²) in [5, 5.41) is 13.0. The lowest BCUT2D eigenvalue weighted by atomic mass is 10.3. The summed E-state index contributed by atoms with van der Waals surface area (Å²) in [4.78, 5) is 6.60. The van der Waals surface area contributed by atoms with Gasteiger partial charge in [0, 0.05) is 33.4 Å². The number of hydrogen-bond donors (Lipinski definition) is 2. The first-order valence-corrected chi connectivity index (χ1v) is 6.66. The number of aromatic nitrogens is 2. The van der Waals surface area contributed by atoms with Crippen LogP contribution in [0.2, 0.25) is 0 Å². The lowest BCUT2D eigenvalue weighted by molar-refractivity contribution is 0.0694. The largest absolute Gasteiger partial charge is 0.389 e. The number of anilines is 1. The predicted molar refractivity (Wildman–Crippen MR) is 79.1 cm³/mol. The van der Waals surface area contributed by atoms with Crippen molar-refractivity contribution < 1.29 is 9.84 Å². The van der Waals surface area contributed by atoms with Crippen molar-refractivity contribution in [2.45, 2.75) is 12.6 Å². The second-order valence-corrected chi connectivity index (χ2v) is 4.83. The molecule has 1 unspecified atom stereocenters. The monoisotopic (exact) mass is 278 g/mol. The molecule has 0 amide bonds. The van der Waals surface area contributed by atoms with Crippen LogP contribution < -0.4 is 10.2 Å². The summed E-state index contributed by atoms with van der Waals surface area (Å²) < 4.78 is 7.02. The second-order valence-electron chi connectivity index (χ2n) is 4.83. The van der Waals surface area contributed by atoms with Crippen molar-refractivity contribution in [2.24, 2.45) is 0 Å². The predicted octanol–water partition coefficient (Wildman–Crippen LogP) is 0.497. The molecular formula is C14H22N4O2. The van der Waals surface area contributed by atoms with Gasteiger partial charge in [0.1, 0.15) is 5.65 Å². The summed E-state index contributed by atoms with van der Waals surface area (Å²) in [5.41, 5.74) is 1.98. The van der Waals surface area contributed by atoms with Crippen LogP contribution >= 0.6 is 0 Å². The average molecular weight is 278 g/mol. The molecule has 0 aliphatic carbocycles. The van der Waals surface area contributed by atoms with E-state index in [-0.39, 0.29) is 0 Å². The molecule has 0 aliphatic rings. The number of likely N-dealkylation sites (N-methyl/N-ethyl adjacent to an activating group) is 1. The molecule has 0 radical (unpaired) electrons. The average Bonchev–Trinajstić information content (AvgIpc) is 2.79. The third-order valence-corrected chi connectivity index (χ3v) is 3.16. The van der Waals surface area contributed by atoms with E-state index in [1.54, 1.807) is 7.11 Å². The molecule has 2 N–H and O–H groups in total. The SMILES string of the molecule is CNCc1c(N(C)CC(O)COC)nc2ccccn12. The summed E-state index contributed by atoms with van der Waals surface area (Å²) in [6.07, 6.45) is 1.47. The van der Waals surface area contributed by atoms with Crippen LogP contribution in [0.5, 0.6) is 0 Å². The normalized spacial score (nSPS) is 12.8. The van der Waals surface area contributed by atoms with Crippen molar-refractivity contribution >= 4 is 11.5 Å². The van der Waals surface area contributed by atoms with Crippen LogP contribution in [0.3, 0.4) is 0 Å². The smallest absolute Gasteiger partial charge is 0.152 e. The van der Waals surface area contributed by atoms with E-state index in [2.05, 4.69) is 14.7 Å². The molecule has 1 atom stereocenters. The van der Waals surface area contributed by atoms with Crippen LogP contribution in [0.25, 0.3) is 5.65 Å². The number of imidazole rings is 1. The zero-order valence-electron chi connectivity index (χ0n) is 12.2. The van der Waals surface area contributed by atoms with Gasteiger partial charge in [-0.15, -0.1) is 0 Å². The van der Waals surface area contributed by atoms with Crippen LogP contribution in [-0.2, 0) is 11.3 Å². The zero-order chi connectivity index (χ0) is 14.5. The number of aliphatic hydroxyl groups is 1. The summed E-state index contributed by atoms with van der Waals surface area (Å²) in [6, 6.07) is 5.93. The van der Waals surface area contributed by atoms with E-state index < -0.39 is 6.10 Å². The summed E-state index contributed by atoms with van der Waals surface area (Å²) in [5.74, 6) is 0.876. The minimum absolute atomic E-state index is 0.319. The molecular weight excluding hydrogens is 256 g/mol. The van der Waals surface area contributed by atoms with E-state index >= 15 is 0 Å². The fraction of sp³-hybridized carbons (Fsp3) is 0.500. The number of pyridine rings is 1. The van der Waals surface area contributed by atoms with Crippen molar-refractivity contribution in [3.8, 4) is 0 Å². The highest BCUT2D eigenvalue weighted by Gasteiger charge is 2.17. The zero-order valence-corrected chi connectivity index (χ0v) is 12.2. The molecule has 0 saturated heterocycles. The Hall–Kier alpha value is -1.63. The second kappa shape index (κ2) is 6.69. The van der Waals surface area contributed by atoms with E-state index in [1.807, 2.05) is 43.4 Å². The van der Waals surface area contributed by atoms with Crippen molar-refractivity contribution in [3.63, 3.8) is 0 Å². The van der Waals surface area contributed by atoms with Crippen molar-refractivity contribution in [1.82, 2.24) is 14.7 Å². The minimum atomic E-state index is -0.530. The molecule has 0 fully saturated rings. The number of nitrogens with one attached hydrogen (secondary N) is 1. The van der Waals surface area contributed by atoms with Gasteiger partial charge in [-0.3, -0.25) is 0 Å². The highest BCUT2D eigenvalue weighted by Crippen LogP contribution is 2.20. The van der Waals surface area contributed by atoms with Crippen LogP contribution in [0, 0.1) is 0 Å². The Kier molecular flexibility index (Phi) is 4.94. The molecule has 2 aromatic rings.